The molecule has 0 amide bonds. The van der Waals surface area contributed by atoms with Gasteiger partial charge in [0.1, 0.15) is 11.5 Å². The first-order valence-electron chi connectivity index (χ1n) is 12.4. The zero-order valence-electron chi connectivity index (χ0n) is 19.2. The van der Waals surface area contributed by atoms with Crippen LogP contribution in [-0.4, -0.2) is 50.4 Å². The molecule has 1 aliphatic heterocycles. The highest BCUT2D eigenvalue weighted by Crippen LogP contribution is 2.45. The van der Waals surface area contributed by atoms with Gasteiger partial charge in [-0.25, -0.2) is 14.4 Å². The first-order chi connectivity index (χ1) is 16.6. The Balaban J connectivity index is 1.33. The average Bonchev–Trinajstić information content (AvgIpc) is 3.57. The van der Waals surface area contributed by atoms with Gasteiger partial charge in [-0.1, -0.05) is 11.6 Å². The monoisotopic (exact) mass is 463 g/mol. The van der Waals surface area contributed by atoms with Crippen LogP contribution in [0.25, 0.3) is 22.5 Å². The minimum atomic E-state index is -0.291. The SMILES string of the molecule is OC1CCN(Cc2onc(-c3ccc(F)cc3)c2-c2ccnc(NC3CC4CCC3C4)n2)CC1. The second kappa shape index (κ2) is 9.07. The molecule has 3 heterocycles. The van der Waals surface area contributed by atoms with E-state index in [-0.39, 0.29) is 11.9 Å². The predicted octanol–water partition coefficient (Wildman–Crippen LogP) is 4.49. The summed E-state index contributed by atoms with van der Waals surface area (Å²) in [6.07, 6.45) is 8.19. The molecule has 178 valence electrons. The molecule has 34 heavy (non-hydrogen) atoms. The van der Waals surface area contributed by atoms with E-state index in [0.717, 1.165) is 54.4 Å². The molecule has 2 aromatic heterocycles. The Bertz CT molecular complexity index is 1140. The van der Waals surface area contributed by atoms with Crippen molar-refractivity contribution in [1.29, 1.82) is 0 Å². The molecule has 8 heteroatoms. The van der Waals surface area contributed by atoms with Gasteiger partial charge in [0.05, 0.1) is 23.9 Å². The molecule has 2 bridgehead atoms. The van der Waals surface area contributed by atoms with E-state index in [1.54, 1.807) is 18.3 Å². The van der Waals surface area contributed by atoms with E-state index in [2.05, 4.69) is 20.4 Å². The third-order valence-electron chi connectivity index (χ3n) is 7.77. The summed E-state index contributed by atoms with van der Waals surface area (Å²) in [5.41, 5.74) is 2.99. The van der Waals surface area contributed by atoms with Crippen molar-refractivity contribution in [2.24, 2.45) is 11.8 Å². The number of hydrogen-bond donors (Lipinski definition) is 2. The van der Waals surface area contributed by atoms with Gasteiger partial charge in [0.2, 0.25) is 5.95 Å². The summed E-state index contributed by atoms with van der Waals surface area (Å²) in [6.45, 7) is 2.18. The standard InChI is InChI=1S/C26H30FN5O2/c27-19-5-3-17(4-6-19)25-24(23(34-31-25)15-32-11-8-20(33)9-12-32)21-7-10-28-26(29-21)30-22-14-16-1-2-18(22)13-16/h3-7,10,16,18,20,22,33H,1-2,8-9,11-15H2,(H,28,29,30). The maximum Gasteiger partial charge on any atom is 0.223 e. The van der Waals surface area contributed by atoms with Gasteiger partial charge in [-0.3, -0.25) is 4.90 Å². The lowest BCUT2D eigenvalue weighted by molar-refractivity contribution is 0.0750. The number of benzene rings is 1. The van der Waals surface area contributed by atoms with Gasteiger partial charge in [0.25, 0.3) is 0 Å². The van der Waals surface area contributed by atoms with Gasteiger partial charge < -0.3 is 14.9 Å². The number of halogens is 1. The van der Waals surface area contributed by atoms with Crippen LogP contribution in [0.5, 0.6) is 0 Å². The van der Waals surface area contributed by atoms with Crippen molar-refractivity contribution in [2.45, 2.75) is 57.2 Å². The maximum absolute atomic E-state index is 13.6. The minimum absolute atomic E-state index is 0.235. The third-order valence-corrected chi connectivity index (χ3v) is 7.77. The number of nitrogens with zero attached hydrogens (tertiary/aromatic N) is 4. The van der Waals surface area contributed by atoms with E-state index in [1.807, 2.05) is 6.07 Å². The number of aliphatic hydroxyl groups excluding tert-OH is 1. The number of piperidine rings is 1. The normalized spacial score (nSPS) is 25.2. The van der Waals surface area contributed by atoms with Crippen molar-refractivity contribution in [2.75, 3.05) is 18.4 Å². The van der Waals surface area contributed by atoms with Gasteiger partial charge in [-0.2, -0.15) is 0 Å². The summed E-state index contributed by atoms with van der Waals surface area (Å²) in [4.78, 5) is 11.6. The number of aromatic nitrogens is 3. The largest absolute Gasteiger partial charge is 0.393 e. The number of fused-ring (bicyclic) bond motifs is 2. The molecule has 2 aliphatic carbocycles. The molecule has 0 spiro atoms. The Morgan fingerprint density at radius 1 is 1.06 bits per heavy atom. The summed E-state index contributed by atoms with van der Waals surface area (Å²) in [6, 6.07) is 8.62. The summed E-state index contributed by atoms with van der Waals surface area (Å²) < 4.78 is 19.4. The fourth-order valence-corrected chi connectivity index (χ4v) is 5.94. The molecular weight excluding hydrogens is 433 g/mol. The van der Waals surface area contributed by atoms with Crippen molar-refractivity contribution in [3.63, 3.8) is 0 Å². The van der Waals surface area contributed by atoms with Crippen LogP contribution in [0.3, 0.4) is 0 Å². The van der Waals surface area contributed by atoms with Gasteiger partial charge in [-0.05, 0) is 74.3 Å². The van der Waals surface area contributed by atoms with Crippen molar-refractivity contribution in [3.05, 3.63) is 48.1 Å². The Hall–Kier alpha value is -2.84. The predicted molar refractivity (Wildman–Crippen MR) is 126 cm³/mol. The van der Waals surface area contributed by atoms with Crippen LogP contribution in [0.1, 0.15) is 44.3 Å². The summed E-state index contributed by atoms with van der Waals surface area (Å²) in [5.74, 6) is 2.62. The smallest absolute Gasteiger partial charge is 0.223 e. The van der Waals surface area contributed by atoms with Crippen molar-refractivity contribution in [3.8, 4) is 22.5 Å². The van der Waals surface area contributed by atoms with E-state index in [0.29, 0.717) is 30.1 Å². The molecule has 1 aromatic carbocycles. The fourth-order valence-electron chi connectivity index (χ4n) is 5.94. The lowest BCUT2D eigenvalue weighted by Gasteiger charge is -2.28. The topological polar surface area (TPSA) is 87.3 Å². The molecule has 3 unspecified atom stereocenters. The van der Waals surface area contributed by atoms with Crippen LogP contribution in [0.4, 0.5) is 10.3 Å². The first-order valence-corrected chi connectivity index (χ1v) is 12.4. The molecule has 3 fully saturated rings. The molecule has 2 saturated carbocycles. The zero-order chi connectivity index (χ0) is 23.1. The minimum Gasteiger partial charge on any atom is -0.393 e. The Morgan fingerprint density at radius 2 is 1.88 bits per heavy atom. The second-order valence-corrected chi connectivity index (χ2v) is 10.0. The average molecular weight is 464 g/mol. The van der Waals surface area contributed by atoms with E-state index in [9.17, 15) is 9.50 Å². The quantitative estimate of drug-likeness (QED) is 0.557. The van der Waals surface area contributed by atoms with Crippen molar-refractivity contribution in [1.82, 2.24) is 20.0 Å². The van der Waals surface area contributed by atoms with Crippen LogP contribution < -0.4 is 5.32 Å². The maximum atomic E-state index is 13.6. The molecule has 6 rings (SSSR count). The van der Waals surface area contributed by atoms with Gasteiger partial charge in [-0.15, -0.1) is 0 Å². The van der Waals surface area contributed by atoms with E-state index >= 15 is 0 Å². The lowest BCUT2D eigenvalue weighted by atomic mass is 9.95. The van der Waals surface area contributed by atoms with Crippen LogP contribution in [0.2, 0.25) is 0 Å². The van der Waals surface area contributed by atoms with Gasteiger partial charge in [0, 0.05) is 30.9 Å². The lowest BCUT2D eigenvalue weighted by Crippen LogP contribution is -2.35. The van der Waals surface area contributed by atoms with Crippen molar-refractivity contribution < 1.29 is 14.0 Å². The highest BCUT2D eigenvalue weighted by Gasteiger charge is 2.39. The van der Waals surface area contributed by atoms with Gasteiger partial charge in [0.15, 0.2) is 5.76 Å². The van der Waals surface area contributed by atoms with Crippen LogP contribution in [0, 0.1) is 17.7 Å². The van der Waals surface area contributed by atoms with Crippen LogP contribution in [-0.2, 0) is 6.54 Å². The molecule has 3 aromatic rings. The number of hydrogen-bond acceptors (Lipinski definition) is 7. The van der Waals surface area contributed by atoms with Crippen molar-refractivity contribution >= 4 is 5.95 Å². The summed E-state index contributed by atoms with van der Waals surface area (Å²) in [7, 11) is 0. The summed E-state index contributed by atoms with van der Waals surface area (Å²) >= 11 is 0. The van der Waals surface area contributed by atoms with E-state index in [4.69, 9.17) is 9.51 Å². The Kier molecular flexibility index (Phi) is 5.79. The van der Waals surface area contributed by atoms with Crippen LogP contribution in [0.15, 0.2) is 41.1 Å². The number of anilines is 1. The Morgan fingerprint density at radius 3 is 2.62 bits per heavy atom. The van der Waals surface area contributed by atoms with E-state index < -0.39 is 0 Å². The van der Waals surface area contributed by atoms with E-state index in [1.165, 1.54) is 37.8 Å². The third kappa shape index (κ3) is 4.32. The fraction of sp³-hybridized carbons (Fsp3) is 0.500. The highest BCUT2D eigenvalue weighted by molar-refractivity contribution is 5.80. The molecular formula is C26H30FN5O2. The zero-order valence-corrected chi connectivity index (χ0v) is 19.2. The highest BCUT2D eigenvalue weighted by atomic mass is 19.1. The number of rotatable bonds is 6. The number of aliphatic hydroxyl groups is 1. The van der Waals surface area contributed by atoms with Crippen LogP contribution >= 0.6 is 0 Å². The Labute approximate surface area is 198 Å². The summed E-state index contributed by atoms with van der Waals surface area (Å²) in [5, 5.41) is 17.8. The number of nitrogens with one attached hydrogen (secondary N) is 1. The van der Waals surface area contributed by atoms with Gasteiger partial charge >= 0.3 is 0 Å². The molecule has 0 radical (unpaired) electrons. The second-order valence-electron chi connectivity index (χ2n) is 10.0. The molecule has 3 atom stereocenters. The molecule has 1 saturated heterocycles. The molecule has 3 aliphatic rings. The molecule has 7 nitrogen and oxygen atoms in total. The first kappa shape index (κ1) is 21.7. The molecule has 2 N–H and O–H groups in total. The number of likely N-dealkylation sites (tertiary alicyclic amines) is 1.